The fraction of sp³-hybridized carbons (Fsp3) is 0.350. The first-order valence-corrected chi connectivity index (χ1v) is 8.88. The Hall–Kier alpha value is -2.96. The van der Waals surface area contributed by atoms with Gasteiger partial charge in [0.25, 0.3) is 5.91 Å². The van der Waals surface area contributed by atoms with Gasteiger partial charge in [0.2, 0.25) is 5.91 Å². The normalized spacial score (nSPS) is 14.6. The highest BCUT2D eigenvalue weighted by Gasteiger charge is 2.23. The average molecular weight is 371 g/mol. The van der Waals surface area contributed by atoms with Crippen LogP contribution in [0.15, 0.2) is 42.7 Å². The van der Waals surface area contributed by atoms with Crippen LogP contribution in [-0.2, 0) is 11.2 Å². The molecule has 0 unspecified atom stereocenters. The van der Waals surface area contributed by atoms with Gasteiger partial charge in [-0.15, -0.1) is 0 Å². The summed E-state index contributed by atoms with van der Waals surface area (Å²) in [5, 5.41) is 0. The Morgan fingerprint density at radius 2 is 1.93 bits per heavy atom. The molecule has 1 fully saturated rings. The molecule has 0 bridgehead atoms. The molecule has 7 heteroatoms. The predicted octanol–water partition coefficient (Wildman–Crippen LogP) is 2.15. The number of pyridine rings is 1. The zero-order valence-corrected chi connectivity index (χ0v) is 15.2. The van der Waals surface area contributed by atoms with Crippen molar-refractivity contribution in [2.75, 3.05) is 33.3 Å². The first-order chi connectivity index (χ1) is 13.1. The molecule has 0 N–H and O–H groups in total. The van der Waals surface area contributed by atoms with Crippen LogP contribution in [0.5, 0.6) is 5.75 Å². The molecule has 2 amide bonds. The molecule has 1 aromatic heterocycles. The zero-order chi connectivity index (χ0) is 19.2. The lowest BCUT2D eigenvalue weighted by atomic mass is 10.1. The Morgan fingerprint density at radius 1 is 1.15 bits per heavy atom. The summed E-state index contributed by atoms with van der Waals surface area (Å²) in [6.45, 7) is 2.05. The molecule has 2 heterocycles. The lowest BCUT2D eigenvalue weighted by Crippen LogP contribution is -2.38. The second kappa shape index (κ2) is 8.62. The van der Waals surface area contributed by atoms with Crippen LogP contribution in [0.4, 0.5) is 4.39 Å². The van der Waals surface area contributed by atoms with Crippen molar-refractivity contribution in [2.45, 2.75) is 12.8 Å². The number of hydrogen-bond acceptors (Lipinski definition) is 4. The van der Waals surface area contributed by atoms with Crippen molar-refractivity contribution >= 4 is 11.8 Å². The average Bonchev–Trinajstić information content (AvgIpc) is 2.94. The van der Waals surface area contributed by atoms with Gasteiger partial charge in [0.15, 0.2) is 0 Å². The molecule has 0 spiro atoms. The van der Waals surface area contributed by atoms with Gasteiger partial charge in [-0.1, -0.05) is 0 Å². The minimum absolute atomic E-state index is 0.0669. The summed E-state index contributed by atoms with van der Waals surface area (Å²) in [5.74, 6) is -0.0885. The van der Waals surface area contributed by atoms with E-state index < -0.39 is 5.82 Å². The molecule has 1 aromatic carbocycles. The summed E-state index contributed by atoms with van der Waals surface area (Å²) in [4.78, 5) is 32.7. The molecule has 1 aliphatic heterocycles. The fourth-order valence-electron chi connectivity index (χ4n) is 3.20. The van der Waals surface area contributed by atoms with Crippen molar-refractivity contribution in [2.24, 2.45) is 0 Å². The van der Waals surface area contributed by atoms with Gasteiger partial charge in [-0.2, -0.15) is 0 Å². The van der Waals surface area contributed by atoms with Gasteiger partial charge in [0, 0.05) is 44.1 Å². The summed E-state index contributed by atoms with van der Waals surface area (Å²) >= 11 is 0. The van der Waals surface area contributed by atoms with Crippen LogP contribution >= 0.6 is 0 Å². The Bertz CT molecular complexity index is 813. The lowest BCUT2D eigenvalue weighted by molar-refractivity contribution is -0.130. The highest BCUT2D eigenvalue weighted by atomic mass is 19.1. The summed E-state index contributed by atoms with van der Waals surface area (Å²) in [5.41, 5.74) is 1.07. The van der Waals surface area contributed by atoms with E-state index in [4.69, 9.17) is 4.74 Å². The number of carbonyl (C=O) groups excluding carboxylic acids is 2. The maximum Gasteiger partial charge on any atom is 0.255 e. The van der Waals surface area contributed by atoms with Gasteiger partial charge < -0.3 is 14.5 Å². The number of aromatic nitrogens is 1. The maximum absolute atomic E-state index is 13.5. The number of amides is 2. The lowest BCUT2D eigenvalue weighted by Gasteiger charge is -2.22. The van der Waals surface area contributed by atoms with Gasteiger partial charge in [-0.3, -0.25) is 14.6 Å². The SMILES string of the molecule is COc1ccc(F)cc1CC(=O)N1CCCN(C(=O)c2cccnc2)CC1. The molecule has 2 aromatic rings. The Balaban J connectivity index is 1.63. The standard InChI is InChI=1S/C20H22FN3O3/c1-27-18-6-5-17(21)12-16(18)13-19(25)23-8-3-9-24(11-10-23)20(26)15-4-2-7-22-14-15/h2,4-7,12,14H,3,8-11,13H2,1H3. The molecule has 0 saturated carbocycles. The van der Waals surface area contributed by atoms with E-state index in [9.17, 15) is 14.0 Å². The molecule has 27 heavy (non-hydrogen) atoms. The summed E-state index contributed by atoms with van der Waals surface area (Å²) in [7, 11) is 1.50. The fourth-order valence-corrected chi connectivity index (χ4v) is 3.20. The number of ether oxygens (including phenoxy) is 1. The third-order valence-electron chi connectivity index (χ3n) is 4.63. The predicted molar refractivity (Wildman–Crippen MR) is 98.0 cm³/mol. The summed E-state index contributed by atoms with van der Waals surface area (Å²) in [6, 6.07) is 7.62. The quantitative estimate of drug-likeness (QED) is 0.826. The first kappa shape index (κ1) is 18.8. The molecular weight excluding hydrogens is 349 g/mol. The molecule has 1 saturated heterocycles. The van der Waals surface area contributed by atoms with Crippen molar-refractivity contribution in [1.29, 1.82) is 0 Å². The Kier molecular flexibility index (Phi) is 6.01. The number of hydrogen-bond donors (Lipinski definition) is 0. The van der Waals surface area contributed by atoms with Crippen LogP contribution in [0.25, 0.3) is 0 Å². The van der Waals surface area contributed by atoms with E-state index >= 15 is 0 Å². The number of carbonyl (C=O) groups is 2. The molecule has 1 aliphatic rings. The second-order valence-electron chi connectivity index (χ2n) is 6.40. The van der Waals surface area contributed by atoms with Crippen LogP contribution in [0.3, 0.4) is 0 Å². The van der Waals surface area contributed by atoms with E-state index in [0.717, 1.165) is 0 Å². The number of methoxy groups -OCH3 is 1. The van der Waals surface area contributed by atoms with E-state index in [1.807, 2.05) is 0 Å². The van der Waals surface area contributed by atoms with Crippen molar-refractivity contribution in [1.82, 2.24) is 14.8 Å². The van der Waals surface area contributed by atoms with Crippen LogP contribution in [-0.4, -0.2) is 59.9 Å². The van der Waals surface area contributed by atoms with Crippen molar-refractivity contribution in [3.05, 3.63) is 59.7 Å². The molecule has 0 radical (unpaired) electrons. The Labute approximate surface area is 157 Å². The van der Waals surface area contributed by atoms with Gasteiger partial charge in [0.1, 0.15) is 11.6 Å². The van der Waals surface area contributed by atoms with Gasteiger partial charge in [-0.25, -0.2) is 4.39 Å². The summed E-state index contributed by atoms with van der Waals surface area (Å²) < 4.78 is 18.7. The van der Waals surface area contributed by atoms with Crippen molar-refractivity contribution < 1.29 is 18.7 Å². The van der Waals surface area contributed by atoms with Crippen molar-refractivity contribution in [3.8, 4) is 5.75 Å². The van der Waals surface area contributed by atoms with Crippen LogP contribution in [0.1, 0.15) is 22.3 Å². The van der Waals surface area contributed by atoms with E-state index in [2.05, 4.69) is 4.98 Å². The minimum Gasteiger partial charge on any atom is -0.496 e. The zero-order valence-electron chi connectivity index (χ0n) is 15.2. The molecule has 6 nitrogen and oxygen atoms in total. The molecule has 142 valence electrons. The largest absolute Gasteiger partial charge is 0.496 e. The van der Waals surface area contributed by atoms with E-state index in [0.29, 0.717) is 49.5 Å². The number of benzene rings is 1. The van der Waals surface area contributed by atoms with Gasteiger partial charge in [0.05, 0.1) is 19.1 Å². The maximum atomic E-state index is 13.5. The highest BCUT2D eigenvalue weighted by Crippen LogP contribution is 2.21. The van der Waals surface area contributed by atoms with Crippen LogP contribution in [0, 0.1) is 5.82 Å². The topological polar surface area (TPSA) is 62.7 Å². The van der Waals surface area contributed by atoms with Gasteiger partial charge in [-0.05, 0) is 36.8 Å². The number of rotatable bonds is 4. The van der Waals surface area contributed by atoms with Crippen LogP contribution < -0.4 is 4.74 Å². The summed E-state index contributed by atoms with van der Waals surface area (Å²) in [6.07, 6.45) is 3.93. The van der Waals surface area contributed by atoms with E-state index in [1.54, 1.807) is 34.3 Å². The Morgan fingerprint density at radius 3 is 2.67 bits per heavy atom. The first-order valence-electron chi connectivity index (χ1n) is 8.88. The van der Waals surface area contributed by atoms with E-state index in [-0.39, 0.29) is 18.2 Å². The van der Waals surface area contributed by atoms with Crippen molar-refractivity contribution in [3.63, 3.8) is 0 Å². The molecule has 3 rings (SSSR count). The molecule has 0 atom stereocenters. The third kappa shape index (κ3) is 4.61. The minimum atomic E-state index is -0.400. The monoisotopic (exact) mass is 371 g/mol. The number of nitrogens with zero attached hydrogens (tertiary/aromatic N) is 3. The van der Waals surface area contributed by atoms with E-state index in [1.165, 1.54) is 25.3 Å². The molecule has 0 aliphatic carbocycles. The highest BCUT2D eigenvalue weighted by molar-refractivity contribution is 5.94. The second-order valence-corrected chi connectivity index (χ2v) is 6.40. The molecular formula is C20H22FN3O3. The third-order valence-corrected chi connectivity index (χ3v) is 4.63. The number of halogens is 1. The van der Waals surface area contributed by atoms with Gasteiger partial charge >= 0.3 is 0 Å². The smallest absolute Gasteiger partial charge is 0.255 e. The van der Waals surface area contributed by atoms with Crippen LogP contribution in [0.2, 0.25) is 0 Å².